The van der Waals surface area contributed by atoms with Crippen molar-refractivity contribution in [1.29, 1.82) is 0 Å². The number of pyridine rings is 1. The number of carbonyl (C=O) groups excluding carboxylic acids is 1. The normalized spacial score (nSPS) is 10.4. The molecular formula is C10H12Br2N2O3. The first-order valence-corrected chi connectivity index (χ1v) is 6.31. The molecule has 0 aliphatic heterocycles. The van der Waals surface area contributed by atoms with Gasteiger partial charge in [-0.2, -0.15) is 0 Å². The molecule has 5 nitrogen and oxygen atoms in total. The van der Waals surface area contributed by atoms with Crippen LogP contribution in [0, 0.1) is 0 Å². The number of hydrogen-bond donors (Lipinski definition) is 0. The lowest BCUT2D eigenvalue weighted by Crippen LogP contribution is -2.29. The van der Waals surface area contributed by atoms with E-state index in [0.29, 0.717) is 11.2 Å². The van der Waals surface area contributed by atoms with E-state index >= 15 is 0 Å². The molecule has 1 aromatic heterocycles. The van der Waals surface area contributed by atoms with Crippen LogP contribution in [0.1, 0.15) is 5.56 Å². The van der Waals surface area contributed by atoms with Crippen molar-refractivity contribution in [2.75, 3.05) is 20.8 Å². The van der Waals surface area contributed by atoms with Crippen LogP contribution in [0.3, 0.4) is 0 Å². The average molecular weight is 368 g/mol. The van der Waals surface area contributed by atoms with Crippen LogP contribution >= 0.6 is 31.9 Å². The van der Waals surface area contributed by atoms with E-state index < -0.39 is 0 Å². The highest BCUT2D eigenvalue weighted by atomic mass is 79.9. The van der Waals surface area contributed by atoms with Crippen LogP contribution < -0.4 is 0 Å². The maximum atomic E-state index is 11.4. The topological polar surface area (TPSA) is 51.7 Å². The molecule has 0 saturated carbocycles. The molecule has 1 rings (SSSR count). The first-order chi connectivity index (χ1) is 8.04. The van der Waals surface area contributed by atoms with E-state index in [4.69, 9.17) is 9.57 Å². The van der Waals surface area contributed by atoms with Gasteiger partial charge in [-0.05, 0) is 37.9 Å². The predicted molar refractivity (Wildman–Crippen MR) is 69.1 cm³/mol. The molecule has 0 fully saturated rings. The minimum atomic E-state index is -0.244. The summed E-state index contributed by atoms with van der Waals surface area (Å²) in [6.45, 7) is 0.264. The Bertz CT molecular complexity index is 401. The Morgan fingerprint density at radius 1 is 1.53 bits per heavy atom. The lowest BCUT2D eigenvalue weighted by atomic mass is 10.3. The minimum absolute atomic E-state index is 0.0384. The van der Waals surface area contributed by atoms with Crippen molar-refractivity contribution in [3.63, 3.8) is 0 Å². The number of likely N-dealkylation sites (N-methyl/N-ethyl adjacent to an activating group) is 1. The van der Waals surface area contributed by atoms with Crippen LogP contribution in [0.15, 0.2) is 21.3 Å². The molecule has 1 aromatic rings. The Kier molecular flexibility index (Phi) is 6.04. The van der Waals surface area contributed by atoms with Gasteiger partial charge >= 0.3 is 0 Å². The molecular weight excluding hydrogens is 356 g/mol. The predicted octanol–water partition coefficient (Wildman–Crippen LogP) is 2.14. The number of carbonyl (C=O) groups is 1. The Balaban J connectivity index is 2.46. The van der Waals surface area contributed by atoms with Gasteiger partial charge in [0.05, 0.1) is 13.7 Å². The summed E-state index contributed by atoms with van der Waals surface area (Å²) in [5, 5.41) is 1.12. The Labute approximate surface area is 116 Å². The summed E-state index contributed by atoms with van der Waals surface area (Å²) in [6, 6.07) is 1.88. The van der Waals surface area contributed by atoms with Crippen LogP contribution in [0.25, 0.3) is 0 Å². The first kappa shape index (κ1) is 14.6. The van der Waals surface area contributed by atoms with Crippen LogP contribution in [0.4, 0.5) is 0 Å². The molecule has 0 N–H and O–H groups in total. The summed E-state index contributed by atoms with van der Waals surface area (Å²) in [5.74, 6) is -0.244. The van der Waals surface area contributed by atoms with Crippen LogP contribution in [0.5, 0.6) is 0 Å². The van der Waals surface area contributed by atoms with E-state index in [1.165, 1.54) is 14.2 Å². The van der Waals surface area contributed by atoms with Gasteiger partial charge in [0.2, 0.25) is 0 Å². The van der Waals surface area contributed by atoms with Crippen molar-refractivity contribution >= 4 is 37.8 Å². The third-order valence-corrected chi connectivity index (χ3v) is 3.13. The summed E-state index contributed by atoms with van der Waals surface area (Å²) in [5.41, 5.74) is 0.868. The van der Waals surface area contributed by atoms with Crippen LogP contribution in [-0.2, 0) is 21.0 Å². The maximum absolute atomic E-state index is 11.4. The third kappa shape index (κ3) is 4.71. The molecule has 7 heteroatoms. The highest BCUT2D eigenvalue weighted by Crippen LogP contribution is 2.19. The van der Waals surface area contributed by atoms with Gasteiger partial charge in [0.15, 0.2) is 0 Å². The van der Waals surface area contributed by atoms with Gasteiger partial charge in [0.1, 0.15) is 11.2 Å². The SMILES string of the molecule is CON(C)C(=O)COCc1cc(Br)cnc1Br. The second-order valence-corrected chi connectivity index (χ2v) is 4.84. The number of ether oxygens (including phenoxy) is 1. The highest BCUT2D eigenvalue weighted by molar-refractivity contribution is 9.11. The van der Waals surface area contributed by atoms with Crippen molar-refractivity contribution in [3.05, 3.63) is 26.9 Å². The molecule has 1 heterocycles. The number of aromatic nitrogens is 1. The summed E-state index contributed by atoms with van der Waals surface area (Å²) in [4.78, 5) is 20.2. The summed E-state index contributed by atoms with van der Waals surface area (Å²) in [7, 11) is 2.95. The molecule has 0 spiro atoms. The fraction of sp³-hybridized carbons (Fsp3) is 0.400. The van der Waals surface area contributed by atoms with Crippen molar-refractivity contribution in [1.82, 2.24) is 10.0 Å². The van der Waals surface area contributed by atoms with Gasteiger partial charge in [0.25, 0.3) is 5.91 Å². The van der Waals surface area contributed by atoms with E-state index in [9.17, 15) is 4.79 Å². The van der Waals surface area contributed by atoms with Gasteiger partial charge in [-0.3, -0.25) is 9.63 Å². The summed E-state index contributed by atoms with van der Waals surface area (Å²) in [6.07, 6.45) is 1.68. The molecule has 0 unspecified atom stereocenters. The molecule has 1 amide bonds. The quantitative estimate of drug-likeness (QED) is 0.591. The Morgan fingerprint density at radius 2 is 2.24 bits per heavy atom. The smallest absolute Gasteiger partial charge is 0.271 e. The number of hydroxylamine groups is 2. The molecule has 0 radical (unpaired) electrons. The zero-order chi connectivity index (χ0) is 12.8. The second kappa shape index (κ2) is 7.05. The van der Waals surface area contributed by atoms with Crippen LogP contribution in [-0.4, -0.2) is 36.7 Å². The van der Waals surface area contributed by atoms with Gasteiger partial charge in [-0.1, -0.05) is 0 Å². The maximum Gasteiger partial charge on any atom is 0.271 e. The zero-order valence-electron chi connectivity index (χ0n) is 9.44. The van der Waals surface area contributed by atoms with E-state index in [-0.39, 0.29) is 12.5 Å². The number of rotatable bonds is 5. The Hall–Kier alpha value is -0.500. The molecule has 0 bridgehead atoms. The standard InChI is InChI=1S/C10H12Br2N2O3/c1-14(16-2)9(15)6-17-5-7-3-8(11)4-13-10(7)12/h3-4H,5-6H2,1-2H3. The van der Waals surface area contributed by atoms with E-state index in [1.54, 1.807) is 6.20 Å². The zero-order valence-corrected chi connectivity index (χ0v) is 12.6. The lowest BCUT2D eigenvalue weighted by molar-refractivity contribution is -0.173. The van der Waals surface area contributed by atoms with E-state index in [0.717, 1.165) is 15.1 Å². The number of hydrogen-bond acceptors (Lipinski definition) is 4. The lowest BCUT2D eigenvalue weighted by Gasteiger charge is -2.13. The van der Waals surface area contributed by atoms with Crippen LogP contribution in [0.2, 0.25) is 0 Å². The summed E-state index contributed by atoms with van der Waals surface area (Å²) < 4.78 is 6.84. The first-order valence-electron chi connectivity index (χ1n) is 4.73. The van der Waals surface area contributed by atoms with Gasteiger partial charge in [-0.25, -0.2) is 10.0 Å². The third-order valence-electron chi connectivity index (χ3n) is 1.99. The molecule has 0 saturated heterocycles. The van der Waals surface area contributed by atoms with E-state index in [1.807, 2.05) is 6.07 Å². The van der Waals surface area contributed by atoms with Gasteiger partial charge in [0, 0.05) is 23.3 Å². The summed E-state index contributed by atoms with van der Waals surface area (Å²) >= 11 is 6.63. The highest BCUT2D eigenvalue weighted by Gasteiger charge is 2.09. The molecule has 0 aliphatic rings. The number of halogens is 2. The number of nitrogens with zero attached hydrogens (tertiary/aromatic N) is 2. The van der Waals surface area contributed by atoms with Gasteiger partial charge < -0.3 is 4.74 Å². The average Bonchev–Trinajstić information content (AvgIpc) is 2.32. The van der Waals surface area contributed by atoms with Crippen molar-refractivity contribution in [2.24, 2.45) is 0 Å². The molecule has 17 heavy (non-hydrogen) atoms. The number of amides is 1. The molecule has 0 atom stereocenters. The Morgan fingerprint density at radius 3 is 2.88 bits per heavy atom. The molecule has 0 aromatic carbocycles. The van der Waals surface area contributed by atoms with Crippen molar-refractivity contribution in [2.45, 2.75) is 6.61 Å². The fourth-order valence-electron chi connectivity index (χ4n) is 1.01. The van der Waals surface area contributed by atoms with Crippen molar-refractivity contribution in [3.8, 4) is 0 Å². The van der Waals surface area contributed by atoms with E-state index in [2.05, 4.69) is 36.8 Å². The molecule has 94 valence electrons. The second-order valence-electron chi connectivity index (χ2n) is 3.17. The minimum Gasteiger partial charge on any atom is -0.367 e. The largest absolute Gasteiger partial charge is 0.367 e. The fourth-order valence-corrected chi connectivity index (χ4v) is 1.72. The van der Waals surface area contributed by atoms with Crippen molar-refractivity contribution < 1.29 is 14.4 Å². The molecule has 0 aliphatic carbocycles. The monoisotopic (exact) mass is 366 g/mol. The van der Waals surface area contributed by atoms with Gasteiger partial charge in [-0.15, -0.1) is 0 Å².